The summed E-state index contributed by atoms with van der Waals surface area (Å²) in [5.74, 6) is 0.163. The Morgan fingerprint density at radius 1 is 1.45 bits per heavy atom. The van der Waals surface area contributed by atoms with Gasteiger partial charge in [0.05, 0.1) is 12.1 Å². The lowest BCUT2D eigenvalue weighted by Crippen LogP contribution is -2.47. The molecule has 1 saturated heterocycles. The van der Waals surface area contributed by atoms with E-state index in [0.29, 0.717) is 13.1 Å². The Kier molecular flexibility index (Phi) is 4.35. The van der Waals surface area contributed by atoms with Crippen LogP contribution in [0.1, 0.15) is 48.4 Å². The van der Waals surface area contributed by atoms with E-state index in [2.05, 4.69) is 16.4 Å². The van der Waals surface area contributed by atoms with Gasteiger partial charge in [-0.05, 0) is 53.1 Å². The number of carbonyl (C=O) groups excluding carboxylic acids is 1. The first-order valence-electron chi connectivity index (χ1n) is 7.48. The Bertz CT molecular complexity index is 503. The minimum Gasteiger partial charge on any atom is -0.389 e. The fourth-order valence-corrected chi connectivity index (χ4v) is 3.32. The topological polar surface area (TPSA) is 45.5 Å². The molecule has 0 aromatic carbocycles. The number of aromatic nitrogens is 1. The number of aryl methyl sites for hydroxylation is 1. The van der Waals surface area contributed by atoms with E-state index in [0.717, 1.165) is 42.9 Å². The molecule has 1 fully saturated rings. The van der Waals surface area contributed by atoms with E-state index >= 15 is 0 Å². The van der Waals surface area contributed by atoms with E-state index < -0.39 is 5.60 Å². The zero-order valence-electron chi connectivity index (χ0n) is 13.1. The number of nitrogens with zero attached hydrogens (tertiary/aromatic N) is 2. The van der Waals surface area contributed by atoms with Crippen LogP contribution in [0.3, 0.4) is 0 Å². The normalized spacial score (nSPS) is 24.1. The molecule has 1 aromatic rings. The molecule has 20 heavy (non-hydrogen) atoms. The Hall–Kier alpha value is -1.13. The Balaban J connectivity index is 2.09. The zero-order chi connectivity index (χ0) is 14.9. The van der Waals surface area contributed by atoms with Gasteiger partial charge in [-0.1, -0.05) is 0 Å². The molecule has 2 rings (SSSR count). The Morgan fingerprint density at radius 2 is 2.15 bits per heavy atom. The lowest BCUT2D eigenvalue weighted by molar-refractivity contribution is -0.0133. The molecule has 1 atom stereocenters. The average molecular weight is 278 g/mol. The predicted octanol–water partition coefficient (Wildman–Crippen LogP) is 2.15. The van der Waals surface area contributed by atoms with Crippen molar-refractivity contribution in [3.63, 3.8) is 0 Å². The van der Waals surface area contributed by atoms with Gasteiger partial charge < -0.3 is 9.67 Å². The summed E-state index contributed by atoms with van der Waals surface area (Å²) in [6.45, 7) is 10.8. The summed E-state index contributed by atoms with van der Waals surface area (Å²) in [6, 6.07) is 1.99. The van der Waals surface area contributed by atoms with Gasteiger partial charge in [0.1, 0.15) is 0 Å². The standard InChI is InChI=1S/C16H26N2O2/c1-5-18-12(2)9-14(13(18)3)15(19)10-17-8-6-7-16(4,20)11-17/h9,20H,5-8,10-11H2,1-4H3. The molecule has 1 aliphatic heterocycles. The van der Waals surface area contributed by atoms with E-state index in [9.17, 15) is 9.90 Å². The molecular formula is C16H26N2O2. The summed E-state index contributed by atoms with van der Waals surface area (Å²) in [6.07, 6.45) is 1.77. The predicted molar refractivity (Wildman–Crippen MR) is 80.2 cm³/mol. The molecule has 1 N–H and O–H groups in total. The van der Waals surface area contributed by atoms with E-state index in [1.165, 1.54) is 0 Å². The van der Waals surface area contributed by atoms with Gasteiger partial charge in [0.15, 0.2) is 5.78 Å². The first-order valence-corrected chi connectivity index (χ1v) is 7.48. The van der Waals surface area contributed by atoms with Gasteiger partial charge in [0.25, 0.3) is 0 Å². The fraction of sp³-hybridized carbons (Fsp3) is 0.688. The molecule has 0 spiro atoms. The van der Waals surface area contributed by atoms with Gasteiger partial charge in [-0.3, -0.25) is 9.69 Å². The summed E-state index contributed by atoms with van der Waals surface area (Å²) in [4.78, 5) is 14.6. The molecule has 0 bridgehead atoms. The van der Waals surface area contributed by atoms with Crippen LogP contribution in [0.4, 0.5) is 0 Å². The van der Waals surface area contributed by atoms with Crippen molar-refractivity contribution in [3.8, 4) is 0 Å². The molecular weight excluding hydrogens is 252 g/mol. The van der Waals surface area contributed by atoms with Crippen molar-refractivity contribution < 1.29 is 9.90 Å². The highest BCUT2D eigenvalue weighted by molar-refractivity contribution is 5.99. The molecule has 1 aromatic heterocycles. The van der Waals surface area contributed by atoms with Crippen LogP contribution in [0.5, 0.6) is 0 Å². The monoisotopic (exact) mass is 278 g/mol. The number of Topliss-reactive ketones (excluding diaryl/α,β-unsaturated/α-hetero) is 1. The third kappa shape index (κ3) is 3.13. The van der Waals surface area contributed by atoms with E-state index in [1.807, 2.05) is 26.8 Å². The lowest BCUT2D eigenvalue weighted by Gasteiger charge is -2.36. The summed E-state index contributed by atoms with van der Waals surface area (Å²) < 4.78 is 2.17. The van der Waals surface area contributed by atoms with Gasteiger partial charge >= 0.3 is 0 Å². The van der Waals surface area contributed by atoms with Gasteiger partial charge in [-0.2, -0.15) is 0 Å². The summed E-state index contributed by atoms with van der Waals surface area (Å²) in [5, 5.41) is 10.1. The second-order valence-corrected chi connectivity index (χ2v) is 6.26. The van der Waals surface area contributed by atoms with Crippen molar-refractivity contribution in [3.05, 3.63) is 23.0 Å². The number of piperidine rings is 1. The maximum absolute atomic E-state index is 12.5. The summed E-state index contributed by atoms with van der Waals surface area (Å²) in [7, 11) is 0. The van der Waals surface area contributed by atoms with Crippen LogP contribution in [-0.2, 0) is 6.54 Å². The van der Waals surface area contributed by atoms with Crippen LogP contribution < -0.4 is 0 Å². The highest BCUT2D eigenvalue weighted by Gasteiger charge is 2.29. The minimum absolute atomic E-state index is 0.163. The highest BCUT2D eigenvalue weighted by atomic mass is 16.3. The van der Waals surface area contributed by atoms with E-state index in [-0.39, 0.29) is 5.78 Å². The van der Waals surface area contributed by atoms with Crippen LogP contribution in [0.25, 0.3) is 0 Å². The van der Waals surface area contributed by atoms with Crippen LogP contribution in [0, 0.1) is 13.8 Å². The largest absolute Gasteiger partial charge is 0.389 e. The number of likely N-dealkylation sites (tertiary alicyclic amines) is 1. The fourth-order valence-electron chi connectivity index (χ4n) is 3.32. The zero-order valence-corrected chi connectivity index (χ0v) is 13.1. The first-order chi connectivity index (χ1) is 9.34. The van der Waals surface area contributed by atoms with Crippen molar-refractivity contribution in [1.29, 1.82) is 0 Å². The maximum Gasteiger partial charge on any atom is 0.178 e. The summed E-state index contributed by atoms with van der Waals surface area (Å²) in [5.41, 5.74) is 2.37. The number of rotatable bonds is 4. The van der Waals surface area contributed by atoms with Gasteiger partial charge in [0.2, 0.25) is 0 Å². The van der Waals surface area contributed by atoms with Crippen molar-refractivity contribution in [1.82, 2.24) is 9.47 Å². The van der Waals surface area contributed by atoms with Crippen LogP contribution in [0.15, 0.2) is 6.07 Å². The second kappa shape index (κ2) is 5.70. The highest BCUT2D eigenvalue weighted by Crippen LogP contribution is 2.21. The Labute approximate surface area is 121 Å². The van der Waals surface area contributed by atoms with Crippen LogP contribution in [-0.4, -0.2) is 45.6 Å². The molecule has 4 heteroatoms. The second-order valence-electron chi connectivity index (χ2n) is 6.26. The molecule has 4 nitrogen and oxygen atoms in total. The molecule has 0 saturated carbocycles. The number of aliphatic hydroxyl groups is 1. The van der Waals surface area contributed by atoms with Crippen molar-refractivity contribution in [2.24, 2.45) is 0 Å². The molecule has 0 aliphatic carbocycles. The van der Waals surface area contributed by atoms with E-state index in [4.69, 9.17) is 0 Å². The third-order valence-electron chi connectivity index (χ3n) is 4.31. The van der Waals surface area contributed by atoms with Crippen molar-refractivity contribution in [2.75, 3.05) is 19.6 Å². The quantitative estimate of drug-likeness (QED) is 0.858. The van der Waals surface area contributed by atoms with Crippen molar-refractivity contribution >= 4 is 5.78 Å². The first kappa shape index (κ1) is 15.3. The molecule has 0 amide bonds. The number of β-amino-alcohol motifs (C(OH)–C–C–N with tert-alkyl or cyclic N) is 1. The van der Waals surface area contributed by atoms with Crippen LogP contribution in [0.2, 0.25) is 0 Å². The number of carbonyl (C=O) groups is 1. The lowest BCUT2D eigenvalue weighted by atomic mass is 9.95. The smallest absolute Gasteiger partial charge is 0.178 e. The van der Waals surface area contributed by atoms with E-state index in [1.54, 1.807) is 0 Å². The summed E-state index contributed by atoms with van der Waals surface area (Å²) >= 11 is 0. The third-order valence-corrected chi connectivity index (χ3v) is 4.31. The minimum atomic E-state index is -0.654. The number of ketones is 1. The van der Waals surface area contributed by atoms with Crippen LogP contribution >= 0.6 is 0 Å². The van der Waals surface area contributed by atoms with Gasteiger partial charge in [-0.15, -0.1) is 0 Å². The molecule has 0 radical (unpaired) electrons. The van der Waals surface area contributed by atoms with Crippen molar-refractivity contribution in [2.45, 2.75) is 52.7 Å². The maximum atomic E-state index is 12.5. The Morgan fingerprint density at radius 3 is 2.70 bits per heavy atom. The average Bonchev–Trinajstić information content (AvgIpc) is 2.63. The number of hydrogen-bond donors (Lipinski definition) is 1. The molecule has 112 valence electrons. The molecule has 2 heterocycles. The SMILES string of the molecule is CCn1c(C)cc(C(=O)CN2CCCC(C)(O)C2)c1C. The van der Waals surface area contributed by atoms with Gasteiger partial charge in [-0.25, -0.2) is 0 Å². The number of hydrogen-bond acceptors (Lipinski definition) is 3. The molecule has 1 unspecified atom stereocenters. The van der Waals surface area contributed by atoms with Gasteiger partial charge in [0, 0.05) is 30.0 Å². The molecule has 1 aliphatic rings.